The van der Waals surface area contributed by atoms with Crippen LogP contribution in [0.4, 0.5) is 0 Å². The number of likely N-dealkylation sites (tertiary alicyclic amines) is 1. The third kappa shape index (κ3) is 5.39. The van der Waals surface area contributed by atoms with Crippen LogP contribution in [0.2, 0.25) is 0 Å². The minimum absolute atomic E-state index is 0.0398. The van der Waals surface area contributed by atoms with Crippen molar-refractivity contribution in [3.05, 3.63) is 65.6 Å². The van der Waals surface area contributed by atoms with E-state index in [1.807, 2.05) is 0 Å². The van der Waals surface area contributed by atoms with Crippen LogP contribution in [-0.4, -0.2) is 59.6 Å². The molecule has 0 unspecified atom stereocenters. The molecule has 1 aromatic heterocycles. The molecular formula is C25H27N3O5. The highest BCUT2D eigenvalue weighted by atomic mass is 16.3. The third-order valence-corrected chi connectivity index (χ3v) is 6.11. The van der Waals surface area contributed by atoms with E-state index in [0.29, 0.717) is 48.9 Å². The molecule has 0 bridgehead atoms. The molecule has 33 heavy (non-hydrogen) atoms. The second kappa shape index (κ2) is 10.3. The first-order valence-corrected chi connectivity index (χ1v) is 11.3. The molecule has 8 heteroatoms. The number of furan rings is 1. The summed E-state index contributed by atoms with van der Waals surface area (Å²) in [5.74, 6) is 0.244. The van der Waals surface area contributed by atoms with Gasteiger partial charge >= 0.3 is 0 Å². The average Bonchev–Trinajstić information content (AvgIpc) is 3.44. The van der Waals surface area contributed by atoms with Gasteiger partial charge in [0, 0.05) is 38.7 Å². The van der Waals surface area contributed by atoms with Gasteiger partial charge in [-0.3, -0.25) is 24.1 Å². The molecular weight excluding hydrogens is 422 g/mol. The van der Waals surface area contributed by atoms with Gasteiger partial charge in [-0.25, -0.2) is 0 Å². The highest BCUT2D eigenvalue weighted by Gasteiger charge is 2.34. The zero-order valence-electron chi connectivity index (χ0n) is 18.4. The van der Waals surface area contributed by atoms with E-state index in [0.717, 1.165) is 12.8 Å². The smallest absolute Gasteiger partial charge is 0.261 e. The molecule has 2 aliphatic rings. The molecule has 8 nitrogen and oxygen atoms in total. The van der Waals surface area contributed by atoms with E-state index in [1.54, 1.807) is 53.6 Å². The fraction of sp³-hybridized carbons (Fsp3) is 0.360. The van der Waals surface area contributed by atoms with Gasteiger partial charge in [0.1, 0.15) is 5.76 Å². The van der Waals surface area contributed by atoms with Crippen molar-refractivity contribution in [3.8, 4) is 0 Å². The van der Waals surface area contributed by atoms with E-state index in [4.69, 9.17) is 4.42 Å². The van der Waals surface area contributed by atoms with Gasteiger partial charge in [-0.15, -0.1) is 0 Å². The van der Waals surface area contributed by atoms with Gasteiger partial charge in [-0.2, -0.15) is 0 Å². The van der Waals surface area contributed by atoms with Crippen LogP contribution in [0.25, 0.3) is 6.08 Å². The van der Waals surface area contributed by atoms with Gasteiger partial charge in [0.05, 0.1) is 17.4 Å². The number of carbonyl (C=O) groups excluding carboxylic acids is 4. The van der Waals surface area contributed by atoms with Crippen LogP contribution in [0.1, 0.15) is 52.2 Å². The molecule has 4 amide bonds. The summed E-state index contributed by atoms with van der Waals surface area (Å²) in [6, 6.07) is 10.3. The van der Waals surface area contributed by atoms with Crippen LogP contribution in [0.15, 0.2) is 53.2 Å². The Bertz CT molecular complexity index is 1020. The lowest BCUT2D eigenvalue weighted by Crippen LogP contribution is -2.41. The second-order valence-electron chi connectivity index (χ2n) is 8.33. The van der Waals surface area contributed by atoms with E-state index in [-0.39, 0.29) is 36.6 Å². The van der Waals surface area contributed by atoms with Crippen molar-refractivity contribution in [1.82, 2.24) is 15.1 Å². The molecule has 1 N–H and O–H groups in total. The zero-order valence-corrected chi connectivity index (χ0v) is 18.4. The molecule has 1 fully saturated rings. The summed E-state index contributed by atoms with van der Waals surface area (Å²) in [5.41, 5.74) is 0.849. The molecule has 2 aliphatic heterocycles. The first-order chi connectivity index (χ1) is 16.0. The molecule has 2 aromatic rings. The van der Waals surface area contributed by atoms with Gasteiger partial charge in [-0.1, -0.05) is 12.1 Å². The number of nitrogens with one attached hydrogen (secondary N) is 1. The van der Waals surface area contributed by atoms with Crippen molar-refractivity contribution < 1.29 is 23.6 Å². The Morgan fingerprint density at radius 2 is 1.73 bits per heavy atom. The largest absolute Gasteiger partial charge is 0.465 e. The summed E-state index contributed by atoms with van der Waals surface area (Å²) in [6.45, 7) is 2.10. The van der Waals surface area contributed by atoms with Crippen LogP contribution in [-0.2, 0) is 9.59 Å². The van der Waals surface area contributed by atoms with Crippen molar-refractivity contribution >= 4 is 29.7 Å². The molecule has 0 saturated carbocycles. The van der Waals surface area contributed by atoms with Gasteiger partial charge in [0.25, 0.3) is 11.8 Å². The average molecular weight is 450 g/mol. The van der Waals surface area contributed by atoms with Crippen LogP contribution in [0.5, 0.6) is 0 Å². The first-order valence-electron chi connectivity index (χ1n) is 11.3. The minimum atomic E-state index is -0.295. The van der Waals surface area contributed by atoms with Crippen molar-refractivity contribution in [3.63, 3.8) is 0 Å². The maximum atomic E-state index is 12.4. The van der Waals surface area contributed by atoms with Crippen LogP contribution in [0.3, 0.4) is 0 Å². The van der Waals surface area contributed by atoms with Crippen molar-refractivity contribution in [2.45, 2.75) is 25.7 Å². The molecule has 1 saturated heterocycles. The molecule has 172 valence electrons. The van der Waals surface area contributed by atoms with Gasteiger partial charge in [0.2, 0.25) is 11.8 Å². The standard InChI is InChI=1S/C25H27N3O5/c29-22(8-3-13-28-24(31)20-6-1-2-7-21(20)25(28)32)26-17-18-11-14-27(15-12-18)23(30)10-9-19-5-4-16-33-19/h1-2,4-7,9-10,16,18H,3,8,11-15,17H2,(H,26,29)/b10-9+. The Balaban J connectivity index is 1.13. The Labute approximate surface area is 192 Å². The monoisotopic (exact) mass is 449 g/mol. The molecule has 0 atom stereocenters. The molecule has 3 heterocycles. The van der Waals surface area contributed by atoms with Crippen molar-refractivity contribution in [1.29, 1.82) is 0 Å². The number of fused-ring (bicyclic) bond motifs is 1. The van der Waals surface area contributed by atoms with E-state index in [2.05, 4.69) is 5.32 Å². The van der Waals surface area contributed by atoms with Gasteiger partial charge in [-0.05, 0) is 55.5 Å². The Morgan fingerprint density at radius 1 is 1.03 bits per heavy atom. The number of rotatable bonds is 8. The number of amides is 4. The predicted octanol–water partition coefficient (Wildman–Crippen LogP) is 2.72. The van der Waals surface area contributed by atoms with Crippen LogP contribution < -0.4 is 5.32 Å². The topological polar surface area (TPSA) is 99.9 Å². The van der Waals surface area contributed by atoms with E-state index < -0.39 is 0 Å². The van der Waals surface area contributed by atoms with Gasteiger partial charge < -0.3 is 14.6 Å². The lowest BCUT2D eigenvalue weighted by Gasteiger charge is -2.31. The summed E-state index contributed by atoms with van der Waals surface area (Å²) < 4.78 is 5.19. The summed E-state index contributed by atoms with van der Waals surface area (Å²) in [5, 5.41) is 2.95. The van der Waals surface area contributed by atoms with E-state index >= 15 is 0 Å². The zero-order chi connectivity index (χ0) is 23.2. The van der Waals surface area contributed by atoms with Crippen LogP contribution in [0, 0.1) is 5.92 Å². The number of benzene rings is 1. The molecule has 0 spiro atoms. The van der Waals surface area contributed by atoms with Crippen molar-refractivity contribution in [2.24, 2.45) is 5.92 Å². The number of piperidine rings is 1. The highest BCUT2D eigenvalue weighted by molar-refractivity contribution is 6.21. The van der Waals surface area contributed by atoms with Crippen molar-refractivity contribution in [2.75, 3.05) is 26.2 Å². The molecule has 0 aliphatic carbocycles. The summed E-state index contributed by atoms with van der Waals surface area (Å²) in [6.07, 6.45) is 7.08. The quantitative estimate of drug-likeness (QED) is 0.493. The maximum Gasteiger partial charge on any atom is 0.261 e. The summed E-state index contributed by atoms with van der Waals surface area (Å²) in [4.78, 5) is 52.3. The minimum Gasteiger partial charge on any atom is -0.465 e. The maximum absolute atomic E-state index is 12.4. The van der Waals surface area contributed by atoms with Gasteiger partial charge in [0.15, 0.2) is 0 Å². The normalized spacial score (nSPS) is 16.5. The SMILES string of the molecule is O=C(CCCN1C(=O)c2ccccc2C1=O)NCC1CCN(C(=O)/C=C/c2ccco2)CC1. The fourth-order valence-corrected chi connectivity index (χ4v) is 4.19. The molecule has 4 rings (SSSR count). The Morgan fingerprint density at radius 3 is 2.36 bits per heavy atom. The highest BCUT2D eigenvalue weighted by Crippen LogP contribution is 2.22. The molecule has 0 radical (unpaired) electrons. The van der Waals surface area contributed by atoms with E-state index in [1.165, 1.54) is 11.0 Å². The summed E-state index contributed by atoms with van der Waals surface area (Å²) in [7, 11) is 0. The second-order valence-corrected chi connectivity index (χ2v) is 8.33. The van der Waals surface area contributed by atoms with Crippen LogP contribution >= 0.6 is 0 Å². The number of carbonyl (C=O) groups is 4. The third-order valence-electron chi connectivity index (χ3n) is 6.11. The first kappa shape index (κ1) is 22.5. The molecule has 1 aromatic carbocycles. The Kier molecular flexibility index (Phi) is 7.02. The van der Waals surface area contributed by atoms with E-state index in [9.17, 15) is 19.2 Å². The number of hydrogen-bond donors (Lipinski definition) is 1. The number of hydrogen-bond acceptors (Lipinski definition) is 5. The number of imide groups is 1. The fourth-order valence-electron chi connectivity index (χ4n) is 4.19. The number of nitrogens with zero attached hydrogens (tertiary/aromatic N) is 2. The lowest BCUT2D eigenvalue weighted by atomic mass is 9.96. The lowest BCUT2D eigenvalue weighted by molar-refractivity contribution is -0.127. The predicted molar refractivity (Wildman–Crippen MR) is 121 cm³/mol. The Hall–Kier alpha value is -3.68. The summed E-state index contributed by atoms with van der Waals surface area (Å²) >= 11 is 0.